The zero-order valence-corrected chi connectivity index (χ0v) is 21.2. The van der Waals surface area contributed by atoms with Gasteiger partial charge in [0.15, 0.2) is 0 Å². The normalized spacial score (nSPS) is 25.0. The van der Waals surface area contributed by atoms with Gasteiger partial charge in [-0.1, -0.05) is 18.2 Å². The van der Waals surface area contributed by atoms with E-state index in [0.29, 0.717) is 18.2 Å². The number of piperidine rings is 1. The van der Waals surface area contributed by atoms with Gasteiger partial charge in [0.2, 0.25) is 5.95 Å². The molecule has 2 N–H and O–H groups in total. The third-order valence-electron chi connectivity index (χ3n) is 8.57. The van der Waals surface area contributed by atoms with Crippen LogP contribution in [0.5, 0.6) is 0 Å². The van der Waals surface area contributed by atoms with Gasteiger partial charge in [0, 0.05) is 19.5 Å². The third kappa shape index (κ3) is 3.76. The molecule has 1 saturated heterocycles. The van der Waals surface area contributed by atoms with Crippen LogP contribution in [0.2, 0.25) is 0 Å². The van der Waals surface area contributed by atoms with E-state index in [4.69, 9.17) is 9.97 Å². The Morgan fingerprint density at radius 1 is 1.12 bits per heavy atom. The molecule has 34 heavy (non-hydrogen) atoms. The second-order valence-corrected chi connectivity index (χ2v) is 13.5. The first-order chi connectivity index (χ1) is 16.4. The van der Waals surface area contributed by atoms with Crippen molar-refractivity contribution >= 4 is 22.6 Å². The average molecular weight is 481 g/mol. The van der Waals surface area contributed by atoms with E-state index in [0.717, 1.165) is 61.7 Å². The van der Waals surface area contributed by atoms with Crippen LogP contribution in [0.1, 0.15) is 80.7 Å². The molecule has 0 radical (unpaired) electrons. The lowest BCUT2D eigenvalue weighted by molar-refractivity contribution is 0.143. The van der Waals surface area contributed by atoms with E-state index in [9.17, 15) is 9.32 Å². The van der Waals surface area contributed by atoms with Gasteiger partial charge in [-0.05, 0) is 87.8 Å². The predicted octanol–water partition coefficient (Wildman–Crippen LogP) is 4.12. The summed E-state index contributed by atoms with van der Waals surface area (Å²) in [7, 11) is -1.17. The predicted molar refractivity (Wildman–Crippen MR) is 136 cm³/mol. The topological polar surface area (TPSA) is 78.3 Å². The highest BCUT2D eigenvalue weighted by molar-refractivity contribution is 7.87. The Balaban J connectivity index is 1.25. The fraction of sp³-hybridized carbons (Fsp3) is 0.630. The average Bonchev–Trinajstić information content (AvgIpc) is 3.37. The maximum absolute atomic E-state index is 13.3. The molecule has 1 aromatic carbocycles. The second-order valence-electron chi connectivity index (χ2n) is 11.4. The van der Waals surface area contributed by atoms with Gasteiger partial charge >= 0.3 is 0 Å². The monoisotopic (exact) mass is 480 g/mol. The van der Waals surface area contributed by atoms with Gasteiger partial charge in [0.25, 0.3) is 0 Å². The first kappa shape index (κ1) is 22.5. The highest BCUT2D eigenvalue weighted by Crippen LogP contribution is 2.43. The summed E-state index contributed by atoms with van der Waals surface area (Å²) in [6.07, 6.45) is 9.57. The van der Waals surface area contributed by atoms with Crippen LogP contribution < -0.4 is 10.2 Å². The van der Waals surface area contributed by atoms with Crippen LogP contribution in [-0.2, 0) is 30.1 Å². The Bertz CT molecular complexity index is 1130. The van der Waals surface area contributed by atoms with Crippen molar-refractivity contribution in [2.75, 3.05) is 29.9 Å². The number of nitrogens with one attached hydrogen (secondary N) is 1. The summed E-state index contributed by atoms with van der Waals surface area (Å²) in [5, 5.41) is 13.6. The van der Waals surface area contributed by atoms with Crippen molar-refractivity contribution in [2.45, 2.75) is 92.7 Å². The fourth-order valence-corrected chi connectivity index (χ4v) is 7.63. The molecule has 182 valence electrons. The molecule has 1 saturated carbocycles. The maximum atomic E-state index is 13.3. The molecule has 0 unspecified atom stereocenters. The molecule has 6 rings (SSSR count). The lowest BCUT2D eigenvalue weighted by atomic mass is 9.77. The summed E-state index contributed by atoms with van der Waals surface area (Å²) in [4.78, 5) is 12.9. The number of hydrogen-bond acceptors (Lipinski definition) is 6. The van der Waals surface area contributed by atoms with Gasteiger partial charge in [0.1, 0.15) is 10.7 Å². The largest absolute Gasteiger partial charge is 0.394 e. The number of hydrogen-bond donors (Lipinski definition) is 2. The third-order valence-corrected chi connectivity index (χ3v) is 10.5. The quantitative estimate of drug-likeness (QED) is 0.670. The summed E-state index contributed by atoms with van der Waals surface area (Å²) in [5.41, 5.74) is 5.16. The standard InChI is InChI=1S/C27H36N4O2S/c1-26(2)16-22-23(34(26)33)24(30-27(17-32)11-4-12-27)29-25(28-22)31-13-9-19(10-14-31)21-8-7-18-5-3-6-20(18)15-21/h7-8,15,19,32H,3-6,9-14,16-17H2,1-2H3,(H,28,29,30)/t34-/m1/s1. The van der Waals surface area contributed by atoms with Gasteiger partial charge < -0.3 is 15.3 Å². The first-order valence-electron chi connectivity index (χ1n) is 13.0. The van der Waals surface area contributed by atoms with E-state index in [1.807, 2.05) is 13.8 Å². The molecular weight excluding hydrogens is 444 g/mol. The smallest absolute Gasteiger partial charge is 0.227 e. The van der Waals surface area contributed by atoms with E-state index >= 15 is 0 Å². The Hall–Kier alpha value is -1.99. The summed E-state index contributed by atoms with van der Waals surface area (Å²) in [5.74, 6) is 2.02. The number of aliphatic hydroxyl groups is 1. The van der Waals surface area contributed by atoms with E-state index in [2.05, 4.69) is 28.4 Å². The van der Waals surface area contributed by atoms with E-state index in [1.165, 1.54) is 24.8 Å². The number of fused-ring (bicyclic) bond motifs is 2. The molecule has 2 fully saturated rings. The number of nitrogens with zero attached hydrogens (tertiary/aromatic N) is 3. The highest BCUT2D eigenvalue weighted by atomic mass is 32.2. The number of anilines is 2. The SMILES string of the molecule is CC1(C)Cc2nc(N3CCC(c4ccc5c(c4)CCC5)CC3)nc(NC3(CO)CCC3)c2[S@]1=O. The van der Waals surface area contributed by atoms with Gasteiger partial charge in [0.05, 0.1) is 33.4 Å². The number of aliphatic hydroxyl groups excluding tert-OH is 1. The molecule has 2 aromatic rings. The van der Waals surface area contributed by atoms with Crippen LogP contribution in [-0.4, -0.2) is 49.3 Å². The first-order valence-corrected chi connectivity index (χ1v) is 14.1. The van der Waals surface area contributed by atoms with Gasteiger partial charge in [-0.2, -0.15) is 4.98 Å². The van der Waals surface area contributed by atoms with E-state index in [-0.39, 0.29) is 16.9 Å². The molecule has 0 spiro atoms. The molecule has 2 aliphatic heterocycles. The summed E-state index contributed by atoms with van der Waals surface area (Å²) in [6.45, 7) is 6.02. The van der Waals surface area contributed by atoms with Crippen LogP contribution in [0.25, 0.3) is 0 Å². The van der Waals surface area contributed by atoms with Crippen molar-refractivity contribution < 1.29 is 9.32 Å². The van der Waals surface area contributed by atoms with Crippen molar-refractivity contribution in [3.05, 3.63) is 40.6 Å². The molecule has 2 aliphatic carbocycles. The number of aromatic nitrogens is 2. The van der Waals surface area contributed by atoms with Crippen molar-refractivity contribution in [3.8, 4) is 0 Å². The highest BCUT2D eigenvalue weighted by Gasteiger charge is 2.44. The summed E-state index contributed by atoms with van der Waals surface area (Å²) >= 11 is 0. The minimum Gasteiger partial charge on any atom is -0.394 e. The van der Waals surface area contributed by atoms with Crippen LogP contribution >= 0.6 is 0 Å². The van der Waals surface area contributed by atoms with Gasteiger partial charge in [-0.25, -0.2) is 4.98 Å². The molecule has 7 heteroatoms. The Morgan fingerprint density at radius 2 is 1.88 bits per heavy atom. The Kier molecular flexibility index (Phi) is 5.49. The number of rotatable bonds is 5. The van der Waals surface area contributed by atoms with Gasteiger partial charge in [-0.3, -0.25) is 4.21 Å². The minimum atomic E-state index is -1.17. The number of benzene rings is 1. The lowest BCUT2D eigenvalue weighted by Gasteiger charge is -2.42. The molecule has 4 aliphatic rings. The van der Waals surface area contributed by atoms with E-state index in [1.54, 1.807) is 11.1 Å². The number of aryl methyl sites for hydroxylation is 2. The lowest BCUT2D eigenvalue weighted by Crippen LogP contribution is -2.49. The Morgan fingerprint density at radius 3 is 2.59 bits per heavy atom. The molecule has 1 atom stereocenters. The maximum Gasteiger partial charge on any atom is 0.227 e. The van der Waals surface area contributed by atoms with E-state index < -0.39 is 10.8 Å². The minimum absolute atomic E-state index is 0.0727. The Labute approximate surface area is 205 Å². The van der Waals surface area contributed by atoms with Crippen LogP contribution in [0.3, 0.4) is 0 Å². The summed E-state index contributed by atoms with van der Waals surface area (Å²) in [6, 6.07) is 7.16. The molecule has 6 nitrogen and oxygen atoms in total. The van der Waals surface area contributed by atoms with Crippen molar-refractivity contribution in [2.24, 2.45) is 0 Å². The van der Waals surface area contributed by atoms with Crippen molar-refractivity contribution in [3.63, 3.8) is 0 Å². The van der Waals surface area contributed by atoms with Gasteiger partial charge in [-0.15, -0.1) is 0 Å². The van der Waals surface area contributed by atoms with Crippen LogP contribution in [0, 0.1) is 0 Å². The second kappa shape index (κ2) is 8.30. The molecular formula is C27H36N4O2S. The van der Waals surface area contributed by atoms with Crippen LogP contribution in [0.4, 0.5) is 11.8 Å². The van der Waals surface area contributed by atoms with Crippen LogP contribution in [0.15, 0.2) is 23.1 Å². The zero-order valence-electron chi connectivity index (χ0n) is 20.4. The molecule has 3 heterocycles. The molecule has 0 amide bonds. The van der Waals surface area contributed by atoms with Crippen molar-refractivity contribution in [1.82, 2.24) is 9.97 Å². The van der Waals surface area contributed by atoms with Crippen molar-refractivity contribution in [1.29, 1.82) is 0 Å². The molecule has 1 aromatic heterocycles. The zero-order chi connectivity index (χ0) is 23.5. The molecule has 0 bridgehead atoms. The summed E-state index contributed by atoms with van der Waals surface area (Å²) < 4.78 is 13.0. The fourth-order valence-electron chi connectivity index (χ4n) is 6.21.